The molecule has 0 amide bonds. The third-order valence-corrected chi connectivity index (χ3v) is 5.02. The fraction of sp³-hybridized carbons (Fsp3) is 0.864. The fourth-order valence-electron chi connectivity index (χ4n) is 3.15. The number of rotatable bonds is 18. The Bertz CT molecular complexity index is 347. The van der Waals surface area contributed by atoms with Crippen molar-refractivity contribution in [1.82, 2.24) is 0 Å². The maximum Gasteiger partial charge on any atom is 0.334 e. The molecule has 0 unspecified atom stereocenters. The topological polar surface area (TPSA) is 57.5 Å². The molecule has 0 heterocycles. The Morgan fingerprint density at radius 1 is 0.600 bits per heavy atom. The lowest BCUT2D eigenvalue weighted by molar-refractivity contribution is -0.132. The molecule has 0 rings (SSSR count). The molecule has 0 radical (unpaired) electrons. The standard InChI is InChI=1S/C22H42O3/c1-3-4-5-6-7-8-9-10-11-12-13-14-15-16-17-18-19-21(23)20(2)22(24)25/h23H,3-19H2,1-2H3,(H,24,25)/b21-20+. The van der Waals surface area contributed by atoms with Crippen LogP contribution in [-0.4, -0.2) is 16.2 Å². The van der Waals surface area contributed by atoms with E-state index in [1.807, 2.05) is 0 Å². The van der Waals surface area contributed by atoms with Gasteiger partial charge in [0, 0.05) is 6.42 Å². The van der Waals surface area contributed by atoms with Crippen LogP contribution < -0.4 is 0 Å². The summed E-state index contributed by atoms with van der Waals surface area (Å²) >= 11 is 0. The van der Waals surface area contributed by atoms with Crippen molar-refractivity contribution in [2.24, 2.45) is 0 Å². The lowest BCUT2D eigenvalue weighted by Gasteiger charge is -2.04. The first-order valence-corrected chi connectivity index (χ1v) is 10.7. The molecule has 0 saturated heterocycles. The van der Waals surface area contributed by atoms with Gasteiger partial charge >= 0.3 is 5.97 Å². The van der Waals surface area contributed by atoms with Crippen LogP contribution in [0.15, 0.2) is 11.3 Å². The van der Waals surface area contributed by atoms with E-state index < -0.39 is 5.97 Å². The highest BCUT2D eigenvalue weighted by Crippen LogP contribution is 2.15. The van der Waals surface area contributed by atoms with Crippen LogP contribution in [-0.2, 0) is 4.79 Å². The average Bonchev–Trinajstić information content (AvgIpc) is 2.60. The van der Waals surface area contributed by atoms with E-state index in [0.717, 1.165) is 12.8 Å². The van der Waals surface area contributed by atoms with Crippen LogP contribution in [0, 0.1) is 0 Å². The fourth-order valence-corrected chi connectivity index (χ4v) is 3.15. The summed E-state index contributed by atoms with van der Waals surface area (Å²) in [7, 11) is 0. The monoisotopic (exact) mass is 354 g/mol. The Hall–Kier alpha value is -0.990. The summed E-state index contributed by atoms with van der Waals surface area (Å²) in [4.78, 5) is 10.7. The summed E-state index contributed by atoms with van der Waals surface area (Å²) in [6, 6.07) is 0. The quantitative estimate of drug-likeness (QED) is 0.152. The Labute approximate surface area is 155 Å². The highest BCUT2D eigenvalue weighted by atomic mass is 16.4. The molecule has 0 fully saturated rings. The van der Waals surface area contributed by atoms with E-state index in [-0.39, 0.29) is 11.3 Å². The summed E-state index contributed by atoms with van der Waals surface area (Å²) < 4.78 is 0. The van der Waals surface area contributed by atoms with Crippen LogP contribution in [0.5, 0.6) is 0 Å². The van der Waals surface area contributed by atoms with Crippen LogP contribution in [0.2, 0.25) is 0 Å². The first kappa shape index (κ1) is 24.0. The third kappa shape index (κ3) is 16.2. The Kier molecular flexibility index (Phi) is 17.1. The number of allylic oxidation sites excluding steroid dienone is 1. The van der Waals surface area contributed by atoms with Crippen molar-refractivity contribution in [3.05, 3.63) is 11.3 Å². The minimum atomic E-state index is -1.02. The molecular formula is C22H42O3. The normalized spacial score (nSPS) is 12.2. The molecule has 0 aromatic carbocycles. The van der Waals surface area contributed by atoms with Gasteiger partial charge < -0.3 is 10.2 Å². The molecule has 0 aliphatic carbocycles. The van der Waals surface area contributed by atoms with Gasteiger partial charge in [-0.25, -0.2) is 4.79 Å². The molecule has 0 aromatic rings. The molecule has 0 aliphatic rings. The van der Waals surface area contributed by atoms with E-state index in [2.05, 4.69) is 6.92 Å². The maximum atomic E-state index is 10.7. The Morgan fingerprint density at radius 2 is 0.920 bits per heavy atom. The predicted octanol–water partition coefficient (Wildman–Crippen LogP) is 7.55. The SMILES string of the molecule is CCCCCCCCCCCCCCCCCC/C(O)=C(/C)C(=O)O. The summed E-state index contributed by atoms with van der Waals surface area (Å²) in [6.45, 7) is 3.73. The van der Waals surface area contributed by atoms with Gasteiger partial charge in [-0.1, -0.05) is 103 Å². The van der Waals surface area contributed by atoms with Crippen LogP contribution in [0.1, 0.15) is 123 Å². The highest BCUT2D eigenvalue weighted by molar-refractivity contribution is 5.86. The molecule has 3 nitrogen and oxygen atoms in total. The number of hydrogen-bond acceptors (Lipinski definition) is 2. The van der Waals surface area contributed by atoms with Crippen LogP contribution in [0.25, 0.3) is 0 Å². The maximum absolute atomic E-state index is 10.7. The van der Waals surface area contributed by atoms with Gasteiger partial charge in [0.2, 0.25) is 0 Å². The minimum absolute atomic E-state index is 0.0397. The number of aliphatic hydroxyl groups is 1. The molecule has 0 bridgehead atoms. The summed E-state index contributed by atoms with van der Waals surface area (Å²) in [5.41, 5.74) is 0.0842. The van der Waals surface area contributed by atoms with Crippen molar-refractivity contribution < 1.29 is 15.0 Å². The molecule has 0 spiro atoms. The molecule has 148 valence electrons. The molecule has 0 saturated carbocycles. The second-order valence-corrected chi connectivity index (χ2v) is 7.43. The Balaban J connectivity index is 3.22. The number of carboxylic acids is 1. The van der Waals surface area contributed by atoms with Gasteiger partial charge in [0.25, 0.3) is 0 Å². The van der Waals surface area contributed by atoms with Crippen molar-refractivity contribution in [2.45, 2.75) is 123 Å². The van der Waals surface area contributed by atoms with E-state index in [9.17, 15) is 9.90 Å². The summed E-state index contributed by atoms with van der Waals surface area (Å²) in [5.74, 6) is -0.980. The zero-order valence-corrected chi connectivity index (χ0v) is 16.8. The second-order valence-electron chi connectivity index (χ2n) is 7.43. The zero-order chi connectivity index (χ0) is 18.8. The first-order valence-electron chi connectivity index (χ1n) is 10.7. The molecule has 2 N–H and O–H groups in total. The number of unbranched alkanes of at least 4 members (excludes halogenated alkanes) is 15. The highest BCUT2D eigenvalue weighted by Gasteiger charge is 2.07. The first-order chi connectivity index (χ1) is 12.1. The zero-order valence-electron chi connectivity index (χ0n) is 16.8. The number of hydrogen-bond donors (Lipinski definition) is 2. The van der Waals surface area contributed by atoms with Gasteiger partial charge in [0.05, 0.1) is 5.57 Å². The summed E-state index contributed by atoms with van der Waals surface area (Å²) in [5, 5.41) is 18.4. The lowest BCUT2D eigenvalue weighted by atomic mass is 10.0. The van der Waals surface area contributed by atoms with Crippen molar-refractivity contribution >= 4 is 5.97 Å². The molecular weight excluding hydrogens is 312 g/mol. The smallest absolute Gasteiger partial charge is 0.334 e. The number of aliphatic carboxylic acids is 1. The third-order valence-electron chi connectivity index (χ3n) is 5.02. The van der Waals surface area contributed by atoms with Crippen molar-refractivity contribution in [3.8, 4) is 0 Å². The van der Waals surface area contributed by atoms with Gasteiger partial charge in [0.15, 0.2) is 0 Å². The molecule has 3 heteroatoms. The van der Waals surface area contributed by atoms with E-state index in [1.54, 1.807) is 0 Å². The van der Waals surface area contributed by atoms with Gasteiger partial charge in [-0.15, -0.1) is 0 Å². The molecule has 0 aromatic heterocycles. The van der Waals surface area contributed by atoms with Gasteiger partial charge in [-0.3, -0.25) is 0 Å². The predicted molar refractivity (Wildman–Crippen MR) is 107 cm³/mol. The van der Waals surface area contributed by atoms with Gasteiger partial charge in [-0.05, 0) is 13.3 Å². The van der Waals surface area contributed by atoms with Crippen molar-refractivity contribution in [1.29, 1.82) is 0 Å². The van der Waals surface area contributed by atoms with Gasteiger partial charge in [-0.2, -0.15) is 0 Å². The van der Waals surface area contributed by atoms with Crippen LogP contribution >= 0.6 is 0 Å². The Morgan fingerprint density at radius 3 is 1.24 bits per heavy atom. The number of aliphatic hydroxyl groups excluding tert-OH is 1. The van der Waals surface area contributed by atoms with E-state index in [0.29, 0.717) is 6.42 Å². The van der Waals surface area contributed by atoms with Crippen LogP contribution in [0.4, 0.5) is 0 Å². The summed E-state index contributed by atoms with van der Waals surface area (Å²) in [6.07, 6.45) is 21.6. The number of carbonyl (C=O) groups is 1. The van der Waals surface area contributed by atoms with Gasteiger partial charge in [0.1, 0.15) is 5.76 Å². The van der Waals surface area contributed by atoms with E-state index in [4.69, 9.17) is 5.11 Å². The molecule has 0 aliphatic heterocycles. The largest absolute Gasteiger partial charge is 0.512 e. The molecule has 0 atom stereocenters. The van der Waals surface area contributed by atoms with E-state index in [1.165, 1.54) is 96.8 Å². The average molecular weight is 355 g/mol. The minimum Gasteiger partial charge on any atom is -0.512 e. The second kappa shape index (κ2) is 17.8. The van der Waals surface area contributed by atoms with Crippen LogP contribution in [0.3, 0.4) is 0 Å². The van der Waals surface area contributed by atoms with E-state index >= 15 is 0 Å². The lowest BCUT2D eigenvalue weighted by Crippen LogP contribution is -2.01. The van der Waals surface area contributed by atoms with Crippen molar-refractivity contribution in [2.75, 3.05) is 0 Å². The molecule has 25 heavy (non-hydrogen) atoms. The number of carboxylic acid groups (broad SMARTS) is 1. The van der Waals surface area contributed by atoms with Crippen molar-refractivity contribution in [3.63, 3.8) is 0 Å².